The van der Waals surface area contributed by atoms with Crippen LogP contribution in [-0.4, -0.2) is 13.2 Å². The van der Waals surface area contributed by atoms with E-state index in [0.717, 1.165) is 24.6 Å². The van der Waals surface area contributed by atoms with Gasteiger partial charge in [-0.25, -0.2) is 9.13 Å². The number of aryl methyl sites for hydroxylation is 2. The summed E-state index contributed by atoms with van der Waals surface area (Å²) < 4.78 is 16.9. The van der Waals surface area contributed by atoms with Gasteiger partial charge >= 0.3 is 0 Å². The highest BCUT2D eigenvalue weighted by molar-refractivity contribution is 7.19. The third kappa shape index (κ3) is 8.04. The molecule has 0 spiro atoms. The van der Waals surface area contributed by atoms with Gasteiger partial charge in [-0.2, -0.15) is 0 Å². The lowest BCUT2D eigenvalue weighted by Crippen LogP contribution is -2.32. The van der Waals surface area contributed by atoms with Crippen LogP contribution in [0, 0.1) is 0 Å². The third-order valence-electron chi connectivity index (χ3n) is 7.25. The Morgan fingerprint density at radius 3 is 1.35 bits per heavy atom. The molecule has 3 aromatic heterocycles. The van der Waals surface area contributed by atoms with Crippen LogP contribution in [0.25, 0.3) is 20.9 Å². The van der Waals surface area contributed by atoms with Crippen LogP contribution in [0.4, 0.5) is 0 Å². The molecule has 0 unspecified atom stereocenters. The normalized spacial score (nSPS) is 12.7. The van der Waals surface area contributed by atoms with Gasteiger partial charge in [0.25, 0.3) is 0 Å². The van der Waals surface area contributed by atoms with Gasteiger partial charge in [0.2, 0.25) is 0 Å². The monoisotopic (exact) mass is 522 g/mol. The second-order valence-electron chi connectivity index (χ2n) is 10.3. The van der Waals surface area contributed by atoms with Crippen molar-refractivity contribution >= 4 is 11.3 Å². The zero-order chi connectivity index (χ0) is 25.7. The Bertz CT molecular complexity index is 976. The second kappa shape index (κ2) is 15.1. The van der Waals surface area contributed by atoms with Gasteiger partial charge in [0, 0.05) is 48.2 Å². The van der Waals surface area contributed by atoms with Crippen molar-refractivity contribution in [3.8, 4) is 32.4 Å². The second-order valence-corrected chi connectivity index (χ2v) is 11.3. The molecular formula is C32H46N2O2S+2. The molecule has 0 fully saturated rings. The van der Waals surface area contributed by atoms with E-state index in [-0.39, 0.29) is 0 Å². The molecule has 4 heterocycles. The summed E-state index contributed by atoms with van der Waals surface area (Å²) in [4.78, 5) is 2.33. The maximum atomic E-state index is 6.14. The van der Waals surface area contributed by atoms with Crippen LogP contribution < -0.4 is 18.6 Å². The first kappa shape index (κ1) is 27.6. The molecule has 0 saturated carbocycles. The number of hydrogen-bond acceptors (Lipinski definition) is 3. The zero-order valence-corrected chi connectivity index (χ0v) is 23.9. The topological polar surface area (TPSA) is 26.2 Å². The molecule has 4 rings (SSSR count). The van der Waals surface area contributed by atoms with E-state index >= 15 is 0 Å². The maximum Gasteiger partial charge on any atom is 0.180 e. The minimum atomic E-state index is 0.605. The van der Waals surface area contributed by atoms with Crippen molar-refractivity contribution in [2.75, 3.05) is 13.2 Å². The highest BCUT2D eigenvalue weighted by atomic mass is 32.1. The number of thiophene rings is 1. The molecule has 0 saturated heterocycles. The molecule has 0 N–H and O–H groups in total. The molecular weight excluding hydrogens is 476 g/mol. The summed E-state index contributed by atoms with van der Waals surface area (Å²) in [6.07, 6.45) is 24.8. The first-order chi connectivity index (χ1) is 18.3. The largest absolute Gasteiger partial charge is 0.485 e. The maximum absolute atomic E-state index is 6.14. The van der Waals surface area contributed by atoms with E-state index in [4.69, 9.17) is 9.47 Å². The average Bonchev–Trinajstić information content (AvgIpc) is 3.33. The Labute approximate surface area is 228 Å². The SMILES string of the molecule is CCCCCCCC[n+]1ccc(-c2sc(-c3cc[n+](CCCCCCCC)cc3)c3c2OCCO3)cc1. The van der Waals surface area contributed by atoms with Crippen LogP contribution in [0.2, 0.25) is 0 Å². The van der Waals surface area contributed by atoms with Gasteiger partial charge in [-0.3, -0.25) is 0 Å². The molecule has 0 aromatic carbocycles. The fourth-order valence-electron chi connectivity index (χ4n) is 5.00. The van der Waals surface area contributed by atoms with Crippen molar-refractivity contribution in [3.05, 3.63) is 49.1 Å². The van der Waals surface area contributed by atoms with Crippen molar-refractivity contribution in [2.45, 2.75) is 104 Å². The van der Waals surface area contributed by atoms with Crippen LogP contribution in [0.15, 0.2) is 49.1 Å². The summed E-state index contributed by atoms with van der Waals surface area (Å²) in [5.74, 6) is 1.81. The smallest absolute Gasteiger partial charge is 0.180 e. The minimum Gasteiger partial charge on any atom is -0.485 e. The number of hydrogen-bond donors (Lipinski definition) is 0. The highest BCUT2D eigenvalue weighted by Gasteiger charge is 2.27. The summed E-state index contributed by atoms with van der Waals surface area (Å²) in [5, 5.41) is 0. The number of nitrogens with zero attached hydrogens (tertiary/aromatic N) is 2. The van der Waals surface area contributed by atoms with E-state index < -0.39 is 0 Å². The van der Waals surface area contributed by atoms with Crippen LogP contribution in [0.5, 0.6) is 11.5 Å². The lowest BCUT2D eigenvalue weighted by molar-refractivity contribution is -0.697. The molecule has 5 heteroatoms. The summed E-state index contributed by atoms with van der Waals surface area (Å²) in [7, 11) is 0. The first-order valence-electron chi connectivity index (χ1n) is 14.7. The van der Waals surface area contributed by atoms with E-state index in [1.165, 1.54) is 97.9 Å². The Hall–Kier alpha value is -2.40. The fraction of sp³-hybridized carbons (Fsp3) is 0.562. The number of aromatic nitrogens is 2. The van der Waals surface area contributed by atoms with Gasteiger partial charge in [-0.1, -0.05) is 65.2 Å². The molecule has 1 aliphatic rings. The molecule has 0 atom stereocenters. The standard InChI is InChI=1S/C32H46N2O2S/c1-3-5-7-9-11-13-19-33-21-15-27(16-22-33)31-29-30(36-26-25-35-29)32(37-31)28-17-23-34(24-18-28)20-14-12-10-8-6-4-2/h15-18,21-24H,3-14,19-20,25-26H2,1-2H3/q+2. The van der Waals surface area contributed by atoms with Crippen molar-refractivity contribution in [1.82, 2.24) is 0 Å². The lowest BCUT2D eigenvalue weighted by atomic mass is 10.1. The molecule has 0 radical (unpaired) electrons. The Kier molecular flexibility index (Phi) is 11.3. The predicted molar refractivity (Wildman–Crippen MR) is 153 cm³/mol. The van der Waals surface area contributed by atoms with Gasteiger partial charge < -0.3 is 9.47 Å². The number of pyridine rings is 2. The highest BCUT2D eigenvalue weighted by Crippen LogP contribution is 2.53. The number of rotatable bonds is 16. The van der Waals surface area contributed by atoms with Crippen molar-refractivity contribution in [1.29, 1.82) is 0 Å². The Morgan fingerprint density at radius 1 is 0.568 bits per heavy atom. The van der Waals surface area contributed by atoms with Gasteiger partial charge in [-0.05, 0) is 12.8 Å². The lowest BCUT2D eigenvalue weighted by Gasteiger charge is -2.17. The molecule has 0 bridgehead atoms. The molecule has 0 aliphatic carbocycles. The van der Waals surface area contributed by atoms with Crippen molar-refractivity contribution < 1.29 is 18.6 Å². The van der Waals surface area contributed by atoms with E-state index in [9.17, 15) is 0 Å². The average molecular weight is 523 g/mol. The van der Waals surface area contributed by atoms with E-state index in [1.54, 1.807) is 11.3 Å². The summed E-state index contributed by atoms with van der Waals surface area (Å²) >= 11 is 1.78. The first-order valence-corrected chi connectivity index (χ1v) is 15.5. The van der Waals surface area contributed by atoms with Crippen molar-refractivity contribution in [2.24, 2.45) is 0 Å². The summed E-state index contributed by atoms with van der Waals surface area (Å²) in [5.41, 5.74) is 2.40. The van der Waals surface area contributed by atoms with E-state index in [0.29, 0.717) is 13.2 Å². The predicted octanol–water partition coefficient (Wildman–Crippen LogP) is 8.15. The number of ether oxygens (including phenoxy) is 2. The van der Waals surface area contributed by atoms with E-state index in [1.807, 2.05) is 0 Å². The molecule has 1 aliphatic heterocycles. The summed E-state index contributed by atoms with van der Waals surface area (Å²) in [6.45, 7) is 7.93. The van der Waals surface area contributed by atoms with Gasteiger partial charge in [0.15, 0.2) is 36.3 Å². The minimum absolute atomic E-state index is 0.605. The van der Waals surface area contributed by atoms with Crippen LogP contribution in [0.1, 0.15) is 90.9 Å². The van der Waals surface area contributed by atoms with Crippen LogP contribution in [0.3, 0.4) is 0 Å². The Morgan fingerprint density at radius 2 is 0.946 bits per heavy atom. The zero-order valence-electron chi connectivity index (χ0n) is 23.1. The number of fused-ring (bicyclic) bond motifs is 1. The number of unbranched alkanes of at least 4 members (excludes halogenated alkanes) is 10. The summed E-state index contributed by atoms with van der Waals surface area (Å²) in [6, 6.07) is 8.91. The fourth-order valence-corrected chi connectivity index (χ4v) is 6.20. The molecule has 37 heavy (non-hydrogen) atoms. The van der Waals surface area contributed by atoms with Crippen LogP contribution in [-0.2, 0) is 13.1 Å². The van der Waals surface area contributed by atoms with Gasteiger partial charge in [-0.15, -0.1) is 11.3 Å². The molecule has 0 amide bonds. The van der Waals surface area contributed by atoms with Crippen LogP contribution >= 0.6 is 11.3 Å². The Balaban J connectivity index is 1.39. The third-order valence-corrected chi connectivity index (χ3v) is 8.50. The molecule has 3 aromatic rings. The van der Waals surface area contributed by atoms with Crippen molar-refractivity contribution in [3.63, 3.8) is 0 Å². The van der Waals surface area contributed by atoms with Gasteiger partial charge in [0.1, 0.15) is 26.3 Å². The molecule has 4 nitrogen and oxygen atoms in total. The quantitative estimate of drug-likeness (QED) is 0.140. The molecule has 200 valence electrons. The van der Waals surface area contributed by atoms with E-state index in [2.05, 4.69) is 72.0 Å². The van der Waals surface area contributed by atoms with Gasteiger partial charge in [0.05, 0.1) is 9.75 Å².